The van der Waals surface area contributed by atoms with Gasteiger partial charge in [-0.3, -0.25) is 0 Å². The molecule has 9 heteroatoms. The average Bonchev–Trinajstić information content (AvgIpc) is 2.55. The number of nitrogens with one attached hydrogen (secondary N) is 1. The molecule has 0 amide bonds. The van der Waals surface area contributed by atoms with Crippen molar-refractivity contribution in [1.29, 1.82) is 0 Å². The van der Waals surface area contributed by atoms with Crippen molar-refractivity contribution < 1.29 is 17.9 Å². The van der Waals surface area contributed by atoms with Crippen LogP contribution in [0, 0.1) is 0 Å². The number of hydrogen-bond acceptors (Lipinski definition) is 5. The van der Waals surface area contributed by atoms with Crippen molar-refractivity contribution >= 4 is 17.4 Å². The summed E-state index contributed by atoms with van der Waals surface area (Å²) >= 11 is 6.15. The molecule has 0 bridgehead atoms. The van der Waals surface area contributed by atoms with Gasteiger partial charge in [-0.15, -0.1) is 0 Å². The van der Waals surface area contributed by atoms with Crippen LogP contribution in [0.3, 0.4) is 0 Å². The Hall–Kier alpha value is -2.09. The molecule has 1 N–H and O–H groups in total. The van der Waals surface area contributed by atoms with Gasteiger partial charge in [-0.1, -0.05) is 18.5 Å². The minimum Gasteiger partial charge on any atom is -0.478 e. The lowest BCUT2D eigenvalue weighted by Crippen LogP contribution is -2.10. The summed E-state index contributed by atoms with van der Waals surface area (Å²) in [6.45, 7) is 2.79. The molecular weight excluding hydrogens is 345 g/mol. The van der Waals surface area contributed by atoms with Gasteiger partial charge in [0, 0.05) is 18.8 Å². The van der Waals surface area contributed by atoms with Gasteiger partial charge in [0.1, 0.15) is 17.2 Å². The smallest absolute Gasteiger partial charge is 0.417 e. The molecule has 0 unspecified atom stereocenters. The number of halogens is 4. The zero-order valence-electron chi connectivity index (χ0n) is 12.9. The molecule has 2 aromatic heterocycles. The maximum absolute atomic E-state index is 12.4. The van der Waals surface area contributed by atoms with Crippen molar-refractivity contribution in [2.75, 3.05) is 18.5 Å². The first-order valence-electron chi connectivity index (χ1n) is 7.31. The topological polar surface area (TPSA) is 59.9 Å². The summed E-state index contributed by atoms with van der Waals surface area (Å²) < 4.78 is 42.5. The molecule has 2 heterocycles. The fraction of sp³-hybridized carbons (Fsp3) is 0.400. The second-order valence-electron chi connectivity index (χ2n) is 4.85. The number of pyridine rings is 1. The van der Waals surface area contributed by atoms with Crippen LogP contribution in [0.15, 0.2) is 24.7 Å². The van der Waals surface area contributed by atoms with Crippen LogP contribution in [0.5, 0.6) is 5.88 Å². The van der Waals surface area contributed by atoms with Crippen LogP contribution in [-0.4, -0.2) is 28.1 Å². The number of nitrogens with zero attached hydrogens (tertiary/aromatic N) is 3. The van der Waals surface area contributed by atoms with E-state index in [1.165, 1.54) is 12.4 Å². The lowest BCUT2D eigenvalue weighted by Gasteiger charge is -2.10. The molecule has 0 saturated heterocycles. The molecule has 0 aliphatic heterocycles. The molecule has 0 aliphatic carbocycles. The van der Waals surface area contributed by atoms with Crippen LogP contribution in [0.2, 0.25) is 5.02 Å². The first-order chi connectivity index (χ1) is 11.4. The third kappa shape index (κ3) is 4.95. The van der Waals surface area contributed by atoms with Crippen molar-refractivity contribution in [1.82, 2.24) is 15.0 Å². The monoisotopic (exact) mass is 360 g/mol. The summed E-state index contributed by atoms with van der Waals surface area (Å²) in [4.78, 5) is 11.8. The van der Waals surface area contributed by atoms with Gasteiger partial charge < -0.3 is 10.1 Å². The second kappa shape index (κ2) is 8.14. The van der Waals surface area contributed by atoms with Crippen molar-refractivity contribution in [2.45, 2.75) is 25.9 Å². The van der Waals surface area contributed by atoms with E-state index < -0.39 is 11.7 Å². The average molecular weight is 361 g/mol. The van der Waals surface area contributed by atoms with E-state index in [0.29, 0.717) is 36.8 Å². The Bertz CT molecular complexity index is 665. The third-order valence-corrected chi connectivity index (χ3v) is 3.52. The molecule has 5 nitrogen and oxygen atoms in total. The van der Waals surface area contributed by atoms with Gasteiger partial charge in [0.2, 0.25) is 5.88 Å². The number of alkyl halides is 3. The Balaban J connectivity index is 1.76. The fourth-order valence-corrected chi connectivity index (χ4v) is 2.16. The number of hydrogen-bond donors (Lipinski definition) is 1. The third-order valence-electron chi connectivity index (χ3n) is 3.12. The number of rotatable bonds is 7. The highest BCUT2D eigenvalue weighted by Crippen LogP contribution is 2.29. The highest BCUT2D eigenvalue weighted by atomic mass is 35.5. The molecule has 0 aromatic carbocycles. The van der Waals surface area contributed by atoms with E-state index in [4.69, 9.17) is 16.3 Å². The molecule has 0 fully saturated rings. The fourth-order valence-electron chi connectivity index (χ4n) is 1.87. The van der Waals surface area contributed by atoms with E-state index >= 15 is 0 Å². The van der Waals surface area contributed by atoms with Crippen LogP contribution < -0.4 is 10.1 Å². The molecule has 0 atom stereocenters. The highest BCUT2D eigenvalue weighted by molar-refractivity contribution is 6.33. The van der Waals surface area contributed by atoms with E-state index in [1.807, 2.05) is 6.92 Å². The SMILES string of the molecule is CCc1ncnc(NCCCOc2ccc(C(F)(F)F)cn2)c1Cl. The molecule has 0 saturated carbocycles. The standard InChI is InChI=1S/C15H16ClF3N4O/c1-2-11-13(16)14(23-9-22-11)20-6-3-7-24-12-5-4-10(8-21-12)15(17,18)19/h4-5,8-9H,2-3,6-7H2,1H3,(H,20,22,23). The largest absolute Gasteiger partial charge is 0.478 e. The summed E-state index contributed by atoms with van der Waals surface area (Å²) in [5.74, 6) is 0.701. The summed E-state index contributed by atoms with van der Waals surface area (Å²) in [5, 5.41) is 3.56. The number of aromatic nitrogens is 3. The molecule has 2 rings (SSSR count). The zero-order valence-corrected chi connectivity index (χ0v) is 13.7. The van der Waals surface area contributed by atoms with Crippen LogP contribution in [0.25, 0.3) is 0 Å². The van der Waals surface area contributed by atoms with E-state index in [1.54, 1.807) is 0 Å². The molecule has 2 aromatic rings. The Morgan fingerprint density at radius 3 is 2.62 bits per heavy atom. The number of anilines is 1. The van der Waals surface area contributed by atoms with Gasteiger partial charge >= 0.3 is 6.18 Å². The van der Waals surface area contributed by atoms with E-state index in [-0.39, 0.29) is 5.88 Å². The maximum Gasteiger partial charge on any atom is 0.417 e. The van der Waals surface area contributed by atoms with Crippen molar-refractivity contribution in [2.24, 2.45) is 0 Å². The normalized spacial score (nSPS) is 11.4. The summed E-state index contributed by atoms with van der Waals surface area (Å²) in [7, 11) is 0. The molecule has 24 heavy (non-hydrogen) atoms. The second-order valence-corrected chi connectivity index (χ2v) is 5.23. The van der Waals surface area contributed by atoms with Crippen molar-refractivity contribution in [3.8, 4) is 5.88 Å². The Labute approximate surface area is 142 Å². The Morgan fingerprint density at radius 2 is 2.00 bits per heavy atom. The first-order valence-corrected chi connectivity index (χ1v) is 7.69. The van der Waals surface area contributed by atoms with Gasteiger partial charge in [-0.25, -0.2) is 15.0 Å². The summed E-state index contributed by atoms with van der Waals surface area (Å²) in [6, 6.07) is 2.14. The highest BCUT2D eigenvalue weighted by Gasteiger charge is 2.30. The lowest BCUT2D eigenvalue weighted by molar-refractivity contribution is -0.137. The zero-order chi connectivity index (χ0) is 17.6. The summed E-state index contributed by atoms with van der Waals surface area (Å²) in [5.41, 5.74) is -0.0407. The quantitative estimate of drug-likeness (QED) is 0.757. The van der Waals surface area contributed by atoms with Crippen LogP contribution in [0.4, 0.5) is 19.0 Å². The van der Waals surface area contributed by atoms with Crippen LogP contribution in [-0.2, 0) is 12.6 Å². The van der Waals surface area contributed by atoms with E-state index in [0.717, 1.165) is 18.0 Å². The number of ether oxygens (including phenoxy) is 1. The first kappa shape index (κ1) is 18.3. The lowest BCUT2D eigenvalue weighted by atomic mass is 10.3. The predicted octanol–water partition coefficient (Wildman–Crippen LogP) is 3.99. The Kier molecular flexibility index (Phi) is 6.19. The molecule has 0 spiro atoms. The molecular formula is C15H16ClF3N4O. The van der Waals surface area contributed by atoms with Gasteiger partial charge in [-0.2, -0.15) is 13.2 Å². The molecule has 0 radical (unpaired) electrons. The molecule has 130 valence electrons. The van der Waals surface area contributed by atoms with Crippen LogP contribution >= 0.6 is 11.6 Å². The number of aryl methyl sites for hydroxylation is 1. The van der Waals surface area contributed by atoms with Crippen molar-refractivity contribution in [3.05, 3.63) is 40.9 Å². The summed E-state index contributed by atoms with van der Waals surface area (Å²) in [6.07, 6.45) is -0.900. The van der Waals surface area contributed by atoms with Crippen LogP contribution in [0.1, 0.15) is 24.6 Å². The van der Waals surface area contributed by atoms with Gasteiger partial charge in [-0.05, 0) is 18.9 Å². The molecule has 0 aliphatic rings. The Morgan fingerprint density at radius 1 is 1.21 bits per heavy atom. The minimum atomic E-state index is -4.40. The van der Waals surface area contributed by atoms with E-state index in [9.17, 15) is 13.2 Å². The predicted molar refractivity (Wildman–Crippen MR) is 84.3 cm³/mol. The van der Waals surface area contributed by atoms with Gasteiger partial charge in [0.15, 0.2) is 0 Å². The minimum absolute atomic E-state index is 0.149. The maximum atomic E-state index is 12.4. The van der Waals surface area contributed by atoms with Gasteiger partial charge in [0.25, 0.3) is 0 Å². The van der Waals surface area contributed by atoms with E-state index in [2.05, 4.69) is 20.3 Å². The van der Waals surface area contributed by atoms with Crippen molar-refractivity contribution in [3.63, 3.8) is 0 Å². The van der Waals surface area contributed by atoms with Gasteiger partial charge in [0.05, 0.1) is 17.9 Å².